The zero-order valence-electron chi connectivity index (χ0n) is 11.2. The van der Waals surface area contributed by atoms with Crippen LogP contribution in [0.1, 0.15) is 0 Å². The number of hydrogen-bond donors (Lipinski definition) is 2. The summed E-state index contributed by atoms with van der Waals surface area (Å²) >= 11 is 0. The molecule has 0 atom stereocenters. The van der Waals surface area contributed by atoms with Gasteiger partial charge in [-0.05, 0) is 35.0 Å². The molecule has 0 saturated carbocycles. The molecule has 0 saturated heterocycles. The van der Waals surface area contributed by atoms with Crippen molar-refractivity contribution >= 4 is 39.3 Å². The summed E-state index contributed by atoms with van der Waals surface area (Å²) in [6.07, 6.45) is 0. The van der Waals surface area contributed by atoms with E-state index in [1.54, 1.807) is 6.07 Å². The number of nitrogens with two attached hydrogens (primary N) is 1. The van der Waals surface area contributed by atoms with Crippen LogP contribution < -0.4 is 11.1 Å². The first-order valence-corrected chi connectivity index (χ1v) is 6.70. The molecular weight excluding hydrogens is 262 g/mol. The highest BCUT2D eigenvalue weighted by Crippen LogP contribution is 2.25. The molecule has 0 aliphatic rings. The van der Waals surface area contributed by atoms with E-state index in [-0.39, 0.29) is 0 Å². The van der Waals surface area contributed by atoms with Crippen molar-refractivity contribution in [3.05, 3.63) is 60.7 Å². The van der Waals surface area contributed by atoms with Gasteiger partial charge in [-0.1, -0.05) is 30.3 Å². The number of aromatic nitrogens is 1. The Morgan fingerprint density at radius 3 is 2.67 bits per heavy atom. The van der Waals surface area contributed by atoms with Crippen molar-refractivity contribution in [1.82, 2.24) is 4.98 Å². The Hall–Kier alpha value is -3.01. The summed E-state index contributed by atoms with van der Waals surface area (Å²) in [6, 6.07) is 20.2. The lowest BCUT2D eigenvalue weighted by molar-refractivity contribution is 0.623. The van der Waals surface area contributed by atoms with E-state index in [9.17, 15) is 0 Å². The van der Waals surface area contributed by atoms with Gasteiger partial charge in [0.05, 0.1) is 0 Å². The summed E-state index contributed by atoms with van der Waals surface area (Å²) in [4.78, 5) is 4.40. The van der Waals surface area contributed by atoms with Crippen LogP contribution >= 0.6 is 0 Å². The molecular formula is C17H13N3O. The third kappa shape index (κ3) is 2.17. The number of rotatable bonds is 2. The first kappa shape index (κ1) is 11.8. The van der Waals surface area contributed by atoms with E-state index in [1.165, 1.54) is 10.8 Å². The molecule has 4 heteroatoms. The Morgan fingerprint density at radius 1 is 0.905 bits per heavy atom. The molecule has 0 fully saturated rings. The molecule has 0 bridgehead atoms. The van der Waals surface area contributed by atoms with Crippen molar-refractivity contribution in [1.29, 1.82) is 0 Å². The molecule has 0 aliphatic heterocycles. The van der Waals surface area contributed by atoms with Crippen LogP contribution in [0.5, 0.6) is 0 Å². The second kappa shape index (κ2) is 4.52. The van der Waals surface area contributed by atoms with Crippen molar-refractivity contribution in [3.8, 4) is 0 Å². The fourth-order valence-corrected chi connectivity index (χ4v) is 2.39. The van der Waals surface area contributed by atoms with Gasteiger partial charge in [-0.25, -0.2) is 0 Å². The van der Waals surface area contributed by atoms with Gasteiger partial charge in [0, 0.05) is 17.4 Å². The summed E-state index contributed by atoms with van der Waals surface area (Å²) < 4.78 is 5.66. The summed E-state index contributed by atoms with van der Waals surface area (Å²) in [5, 5.41) is 5.56. The average molecular weight is 275 g/mol. The fraction of sp³-hybridized carbons (Fsp3) is 0. The summed E-state index contributed by atoms with van der Waals surface area (Å²) in [7, 11) is 0. The number of nitrogens with one attached hydrogen (secondary N) is 1. The van der Waals surface area contributed by atoms with Crippen molar-refractivity contribution in [2.75, 3.05) is 11.1 Å². The molecule has 4 aromatic rings. The smallest absolute Gasteiger partial charge is 0.300 e. The number of nitrogens with zero attached hydrogens (tertiary/aromatic N) is 1. The van der Waals surface area contributed by atoms with Gasteiger partial charge in [0.15, 0.2) is 5.58 Å². The molecule has 0 amide bonds. The van der Waals surface area contributed by atoms with E-state index in [4.69, 9.17) is 10.2 Å². The molecule has 0 spiro atoms. The highest BCUT2D eigenvalue weighted by molar-refractivity contribution is 5.86. The summed E-state index contributed by atoms with van der Waals surface area (Å²) in [5.41, 5.74) is 8.80. The third-order valence-corrected chi connectivity index (χ3v) is 3.41. The predicted molar refractivity (Wildman–Crippen MR) is 85.7 cm³/mol. The molecule has 1 aromatic heterocycles. The SMILES string of the molecule is Nc1ccc2nc(Nc3ccc4ccccc4c3)oc2c1. The maximum absolute atomic E-state index is 5.74. The van der Waals surface area contributed by atoms with E-state index in [2.05, 4.69) is 34.6 Å². The van der Waals surface area contributed by atoms with Crippen molar-refractivity contribution in [2.24, 2.45) is 0 Å². The van der Waals surface area contributed by atoms with Crippen LogP contribution in [-0.2, 0) is 0 Å². The Bertz CT molecular complexity index is 943. The molecule has 3 N–H and O–H groups in total. The number of benzene rings is 3. The largest absolute Gasteiger partial charge is 0.423 e. The van der Waals surface area contributed by atoms with Gasteiger partial charge in [-0.3, -0.25) is 0 Å². The van der Waals surface area contributed by atoms with Gasteiger partial charge in [0.2, 0.25) is 0 Å². The zero-order chi connectivity index (χ0) is 14.2. The van der Waals surface area contributed by atoms with E-state index in [0.717, 1.165) is 11.2 Å². The summed E-state index contributed by atoms with van der Waals surface area (Å²) in [6.45, 7) is 0. The van der Waals surface area contributed by atoms with Crippen LogP contribution in [0.3, 0.4) is 0 Å². The molecule has 102 valence electrons. The van der Waals surface area contributed by atoms with E-state index >= 15 is 0 Å². The Balaban J connectivity index is 1.71. The zero-order valence-corrected chi connectivity index (χ0v) is 11.2. The van der Waals surface area contributed by atoms with Gasteiger partial charge >= 0.3 is 0 Å². The topological polar surface area (TPSA) is 64.1 Å². The highest BCUT2D eigenvalue weighted by Gasteiger charge is 2.06. The second-order valence-electron chi connectivity index (χ2n) is 4.93. The minimum atomic E-state index is 0.464. The molecule has 4 nitrogen and oxygen atoms in total. The lowest BCUT2D eigenvalue weighted by Crippen LogP contribution is -1.89. The number of oxazole rings is 1. The maximum Gasteiger partial charge on any atom is 0.300 e. The van der Waals surface area contributed by atoms with Gasteiger partial charge in [-0.2, -0.15) is 4.98 Å². The number of nitrogen functional groups attached to an aromatic ring is 1. The lowest BCUT2D eigenvalue weighted by atomic mass is 10.1. The van der Waals surface area contributed by atoms with Gasteiger partial charge < -0.3 is 15.5 Å². The first-order valence-electron chi connectivity index (χ1n) is 6.70. The van der Waals surface area contributed by atoms with Crippen LogP contribution in [0, 0.1) is 0 Å². The minimum Gasteiger partial charge on any atom is -0.423 e. The monoisotopic (exact) mass is 275 g/mol. The summed E-state index contributed by atoms with van der Waals surface area (Å²) in [5.74, 6) is 0. The normalized spacial score (nSPS) is 11.0. The molecule has 21 heavy (non-hydrogen) atoms. The van der Waals surface area contributed by atoms with Crippen molar-refractivity contribution < 1.29 is 4.42 Å². The Labute approximate surface area is 121 Å². The van der Waals surface area contributed by atoms with Crippen LogP contribution in [0.15, 0.2) is 65.1 Å². The van der Waals surface area contributed by atoms with Gasteiger partial charge in [0.1, 0.15) is 5.52 Å². The molecule has 1 heterocycles. The fourth-order valence-electron chi connectivity index (χ4n) is 2.39. The molecule has 4 rings (SSSR count). The standard InChI is InChI=1S/C17H13N3O/c18-13-6-8-15-16(10-13)21-17(20-15)19-14-7-5-11-3-1-2-4-12(11)9-14/h1-10H,18H2,(H,19,20). The van der Waals surface area contributed by atoms with Gasteiger partial charge in [-0.15, -0.1) is 0 Å². The Kier molecular flexibility index (Phi) is 2.54. The lowest BCUT2D eigenvalue weighted by Gasteiger charge is -2.03. The number of fused-ring (bicyclic) bond motifs is 2. The Morgan fingerprint density at radius 2 is 1.76 bits per heavy atom. The molecule has 0 aliphatic carbocycles. The molecule has 0 unspecified atom stereocenters. The second-order valence-corrected chi connectivity index (χ2v) is 4.93. The predicted octanol–water partition coefficient (Wildman–Crippen LogP) is 4.31. The molecule has 0 radical (unpaired) electrons. The van der Waals surface area contributed by atoms with Crippen LogP contribution in [0.25, 0.3) is 21.9 Å². The van der Waals surface area contributed by atoms with E-state index < -0.39 is 0 Å². The van der Waals surface area contributed by atoms with Gasteiger partial charge in [0.25, 0.3) is 6.01 Å². The highest BCUT2D eigenvalue weighted by atomic mass is 16.4. The maximum atomic E-state index is 5.74. The minimum absolute atomic E-state index is 0.464. The van der Waals surface area contributed by atoms with Crippen LogP contribution in [-0.4, -0.2) is 4.98 Å². The quantitative estimate of drug-likeness (QED) is 0.535. The van der Waals surface area contributed by atoms with Crippen molar-refractivity contribution in [2.45, 2.75) is 0 Å². The van der Waals surface area contributed by atoms with Crippen LogP contribution in [0.4, 0.5) is 17.4 Å². The number of hydrogen-bond acceptors (Lipinski definition) is 4. The molecule has 3 aromatic carbocycles. The van der Waals surface area contributed by atoms with Crippen molar-refractivity contribution in [3.63, 3.8) is 0 Å². The van der Waals surface area contributed by atoms with Crippen LogP contribution in [0.2, 0.25) is 0 Å². The third-order valence-electron chi connectivity index (χ3n) is 3.41. The van der Waals surface area contributed by atoms with E-state index in [1.807, 2.05) is 30.3 Å². The number of anilines is 3. The average Bonchev–Trinajstić information content (AvgIpc) is 2.88. The van der Waals surface area contributed by atoms with E-state index in [0.29, 0.717) is 17.3 Å². The first-order chi connectivity index (χ1) is 10.3.